The summed E-state index contributed by atoms with van der Waals surface area (Å²) in [6.07, 6.45) is 5.19. The van der Waals surface area contributed by atoms with Crippen LogP contribution in [0, 0.1) is 12.8 Å². The molecule has 0 aliphatic carbocycles. The van der Waals surface area contributed by atoms with Crippen LogP contribution in [0.4, 0.5) is 17.5 Å². The number of aromatic amines is 1. The average molecular weight is 470 g/mol. The Morgan fingerprint density at radius 2 is 1.94 bits per heavy atom. The monoisotopic (exact) mass is 469 g/mol. The Balaban J connectivity index is 1.38. The number of piperidine rings is 1. The average Bonchev–Trinajstić information content (AvgIpc) is 3.28. The second-order valence-corrected chi connectivity index (χ2v) is 11.6. The maximum absolute atomic E-state index is 13.0. The van der Waals surface area contributed by atoms with Gasteiger partial charge in [0.15, 0.2) is 5.82 Å². The second-order valence-electron chi connectivity index (χ2n) is 9.69. The molecule has 0 amide bonds. The molecular formula is C23H31N7O2S. The quantitative estimate of drug-likeness (QED) is 0.482. The standard InChI is InChI=1S/C23H31N7O2S/c1-14(2)13-33(31,32)30-17-6-7-18(30)11-16(10-17)25-23-19-5-4-8-24-20(19)12-21(27-23)26-22-9-15(3)28-29-22/h4-5,8-9,12,14,16-18H,6-7,10-11,13H2,1-3H3,(H3,25,26,27,28,29)/t16?,17-,18+. The molecule has 3 atom stereocenters. The van der Waals surface area contributed by atoms with Crippen LogP contribution in [-0.2, 0) is 10.0 Å². The number of nitrogens with one attached hydrogen (secondary N) is 3. The fraction of sp³-hybridized carbons (Fsp3) is 0.522. The van der Waals surface area contributed by atoms with Gasteiger partial charge in [-0.05, 0) is 50.7 Å². The Hall–Kier alpha value is -2.72. The van der Waals surface area contributed by atoms with E-state index in [2.05, 4.69) is 25.8 Å². The summed E-state index contributed by atoms with van der Waals surface area (Å²) in [6.45, 7) is 5.87. The van der Waals surface area contributed by atoms with E-state index in [0.717, 1.165) is 48.1 Å². The Morgan fingerprint density at radius 3 is 2.61 bits per heavy atom. The molecule has 2 aliphatic rings. The number of anilines is 3. The predicted octanol–water partition coefficient (Wildman–Crippen LogP) is 3.80. The van der Waals surface area contributed by atoms with E-state index in [9.17, 15) is 8.42 Å². The number of hydrogen-bond donors (Lipinski definition) is 3. The van der Waals surface area contributed by atoms with Gasteiger partial charge in [0.1, 0.15) is 11.6 Å². The van der Waals surface area contributed by atoms with E-state index >= 15 is 0 Å². The Bertz CT molecular complexity index is 1240. The van der Waals surface area contributed by atoms with Gasteiger partial charge in [-0.2, -0.15) is 9.40 Å². The van der Waals surface area contributed by atoms with E-state index in [0.29, 0.717) is 11.6 Å². The normalized spacial score (nSPS) is 23.3. The largest absolute Gasteiger partial charge is 0.367 e. The molecule has 1 unspecified atom stereocenters. The first-order chi connectivity index (χ1) is 15.8. The van der Waals surface area contributed by atoms with Gasteiger partial charge in [-0.1, -0.05) is 13.8 Å². The molecule has 0 spiro atoms. The third-order valence-electron chi connectivity index (χ3n) is 6.43. The third kappa shape index (κ3) is 4.54. The lowest BCUT2D eigenvalue weighted by molar-refractivity contribution is 0.234. The zero-order valence-electron chi connectivity index (χ0n) is 19.2. The van der Waals surface area contributed by atoms with Gasteiger partial charge in [-0.3, -0.25) is 10.1 Å². The molecule has 10 heteroatoms. The van der Waals surface area contributed by atoms with Gasteiger partial charge in [-0.15, -0.1) is 0 Å². The second kappa shape index (κ2) is 8.57. The smallest absolute Gasteiger partial charge is 0.214 e. The van der Waals surface area contributed by atoms with Gasteiger partial charge in [0.2, 0.25) is 10.0 Å². The summed E-state index contributed by atoms with van der Waals surface area (Å²) in [4.78, 5) is 9.35. The van der Waals surface area contributed by atoms with Gasteiger partial charge < -0.3 is 10.6 Å². The number of hydrogen-bond acceptors (Lipinski definition) is 7. The van der Waals surface area contributed by atoms with Crippen molar-refractivity contribution in [1.29, 1.82) is 0 Å². The lowest BCUT2D eigenvalue weighted by Crippen LogP contribution is -2.50. The van der Waals surface area contributed by atoms with Crippen molar-refractivity contribution in [2.75, 3.05) is 16.4 Å². The van der Waals surface area contributed by atoms with Crippen LogP contribution in [0.5, 0.6) is 0 Å². The number of fused-ring (bicyclic) bond motifs is 3. The maximum atomic E-state index is 13.0. The molecule has 2 fully saturated rings. The van der Waals surface area contributed by atoms with Crippen LogP contribution in [-0.4, -0.2) is 56.8 Å². The molecule has 0 aromatic carbocycles. The topological polar surface area (TPSA) is 116 Å². The lowest BCUT2D eigenvalue weighted by Gasteiger charge is -2.38. The minimum absolute atomic E-state index is 0.0581. The first kappa shape index (κ1) is 22.1. The fourth-order valence-electron chi connectivity index (χ4n) is 5.27. The van der Waals surface area contributed by atoms with Crippen LogP contribution in [0.15, 0.2) is 30.5 Å². The van der Waals surface area contributed by atoms with Crippen molar-refractivity contribution < 1.29 is 8.42 Å². The third-order valence-corrected chi connectivity index (χ3v) is 8.76. The van der Waals surface area contributed by atoms with Crippen LogP contribution >= 0.6 is 0 Å². The van der Waals surface area contributed by atoms with Crippen molar-refractivity contribution in [1.82, 2.24) is 24.5 Å². The van der Waals surface area contributed by atoms with Gasteiger partial charge in [-0.25, -0.2) is 13.4 Å². The van der Waals surface area contributed by atoms with Gasteiger partial charge in [0.25, 0.3) is 0 Å². The summed E-state index contributed by atoms with van der Waals surface area (Å²) in [6, 6.07) is 8.02. The number of aryl methyl sites for hydroxylation is 1. The minimum Gasteiger partial charge on any atom is -0.367 e. The summed E-state index contributed by atoms with van der Waals surface area (Å²) in [5.74, 6) is 2.47. The summed E-state index contributed by atoms with van der Waals surface area (Å²) in [7, 11) is -3.23. The highest BCUT2D eigenvalue weighted by Crippen LogP contribution is 2.39. The number of aromatic nitrogens is 4. The highest BCUT2D eigenvalue weighted by atomic mass is 32.2. The van der Waals surface area contributed by atoms with Crippen LogP contribution in [0.1, 0.15) is 45.2 Å². The zero-order chi connectivity index (χ0) is 23.2. The van der Waals surface area contributed by atoms with Crippen LogP contribution < -0.4 is 10.6 Å². The number of H-pyrrole nitrogens is 1. The molecule has 0 saturated carbocycles. The molecule has 176 valence electrons. The minimum atomic E-state index is -3.23. The molecule has 0 radical (unpaired) electrons. The molecule has 9 nitrogen and oxygen atoms in total. The van der Waals surface area contributed by atoms with Crippen molar-refractivity contribution in [2.24, 2.45) is 5.92 Å². The van der Waals surface area contributed by atoms with Gasteiger partial charge in [0, 0.05) is 47.5 Å². The Morgan fingerprint density at radius 1 is 1.18 bits per heavy atom. The van der Waals surface area contributed by atoms with Gasteiger partial charge in [0.05, 0.1) is 11.3 Å². The van der Waals surface area contributed by atoms with E-state index in [1.54, 1.807) is 6.20 Å². The Labute approximate surface area is 194 Å². The molecule has 5 heterocycles. The molecule has 3 aromatic rings. The summed E-state index contributed by atoms with van der Waals surface area (Å²) in [5.41, 5.74) is 1.80. The van der Waals surface area contributed by atoms with Gasteiger partial charge >= 0.3 is 0 Å². The zero-order valence-corrected chi connectivity index (χ0v) is 20.1. The number of nitrogens with zero attached hydrogens (tertiary/aromatic N) is 4. The first-order valence-corrected chi connectivity index (χ1v) is 13.2. The number of sulfonamides is 1. The molecule has 5 rings (SSSR count). The van der Waals surface area contributed by atoms with Crippen LogP contribution in [0.25, 0.3) is 10.9 Å². The lowest BCUT2D eigenvalue weighted by atomic mass is 9.99. The Kier molecular flexibility index (Phi) is 5.74. The highest BCUT2D eigenvalue weighted by Gasteiger charge is 2.46. The molecule has 2 saturated heterocycles. The van der Waals surface area contributed by atoms with Crippen molar-refractivity contribution in [3.8, 4) is 0 Å². The molecule has 3 aromatic heterocycles. The molecule has 33 heavy (non-hydrogen) atoms. The molecule has 2 aliphatic heterocycles. The molecular weight excluding hydrogens is 438 g/mol. The van der Waals surface area contributed by atoms with Crippen LogP contribution in [0.3, 0.4) is 0 Å². The summed E-state index contributed by atoms with van der Waals surface area (Å²) >= 11 is 0. The molecule has 2 bridgehead atoms. The van der Waals surface area contributed by atoms with Crippen molar-refractivity contribution >= 4 is 38.4 Å². The fourth-order valence-corrected chi connectivity index (χ4v) is 7.58. The van der Waals surface area contributed by atoms with Crippen molar-refractivity contribution in [2.45, 2.75) is 64.6 Å². The summed E-state index contributed by atoms with van der Waals surface area (Å²) < 4.78 is 27.8. The SMILES string of the molecule is Cc1cc(Nc2cc3ncccc3c(NC3C[C@H]4CC[C@@H](C3)N4S(=O)(=O)CC(C)C)n2)n[nH]1. The maximum Gasteiger partial charge on any atom is 0.214 e. The number of pyridine rings is 2. The van der Waals surface area contributed by atoms with E-state index in [-0.39, 0.29) is 29.8 Å². The van der Waals surface area contributed by atoms with E-state index in [4.69, 9.17) is 4.98 Å². The summed E-state index contributed by atoms with van der Waals surface area (Å²) in [5, 5.41) is 15.0. The predicted molar refractivity (Wildman–Crippen MR) is 130 cm³/mol. The number of rotatable bonds is 7. The van der Waals surface area contributed by atoms with Crippen molar-refractivity contribution in [3.63, 3.8) is 0 Å². The van der Waals surface area contributed by atoms with Crippen molar-refractivity contribution in [3.05, 3.63) is 36.2 Å². The van der Waals surface area contributed by atoms with Crippen LogP contribution in [0.2, 0.25) is 0 Å². The first-order valence-electron chi connectivity index (χ1n) is 11.6. The van der Waals surface area contributed by atoms with E-state index in [1.807, 2.05) is 49.3 Å². The van der Waals surface area contributed by atoms with E-state index < -0.39 is 10.0 Å². The van der Waals surface area contributed by atoms with E-state index in [1.165, 1.54) is 0 Å². The molecule has 3 N–H and O–H groups in total. The highest BCUT2D eigenvalue weighted by molar-refractivity contribution is 7.89.